The van der Waals surface area contributed by atoms with E-state index in [9.17, 15) is 22.8 Å². The van der Waals surface area contributed by atoms with Gasteiger partial charge < -0.3 is 9.47 Å². The van der Waals surface area contributed by atoms with E-state index in [1.165, 1.54) is 19.1 Å². The van der Waals surface area contributed by atoms with Crippen LogP contribution in [0.1, 0.15) is 39.2 Å². The zero-order valence-electron chi connectivity index (χ0n) is 18.2. The van der Waals surface area contributed by atoms with Gasteiger partial charge >= 0.3 is 11.9 Å². The Kier molecular flexibility index (Phi) is 7.08. The Labute approximate surface area is 177 Å². The second-order valence-electron chi connectivity index (χ2n) is 8.04. The number of carbonyl (C=O) groups excluding carboxylic acids is 3. The molecule has 0 spiro atoms. The Bertz CT molecular complexity index is 905. The largest absolute Gasteiger partial charge is 0.468 e. The minimum atomic E-state index is -4.13. The first-order valence-electron chi connectivity index (χ1n) is 9.70. The normalized spacial score (nSPS) is 21.4. The summed E-state index contributed by atoms with van der Waals surface area (Å²) in [4.78, 5) is 37.9. The first-order valence-corrected chi connectivity index (χ1v) is 11.1. The van der Waals surface area contributed by atoms with Crippen LogP contribution in [0.2, 0.25) is 0 Å². The van der Waals surface area contributed by atoms with E-state index in [0.717, 1.165) is 24.1 Å². The van der Waals surface area contributed by atoms with Crippen LogP contribution < -0.4 is 0 Å². The topological polar surface area (TPSA) is 107 Å². The van der Waals surface area contributed by atoms with E-state index in [4.69, 9.17) is 9.47 Å². The third-order valence-corrected chi connectivity index (χ3v) is 7.63. The number of hydrogen-bond donors (Lipinski definition) is 0. The predicted molar refractivity (Wildman–Crippen MR) is 109 cm³/mol. The van der Waals surface area contributed by atoms with Crippen LogP contribution in [0.3, 0.4) is 0 Å². The lowest BCUT2D eigenvalue weighted by Gasteiger charge is -2.34. The molecular weight excluding hydrogens is 410 g/mol. The van der Waals surface area contributed by atoms with Gasteiger partial charge in [0.25, 0.3) is 0 Å². The van der Waals surface area contributed by atoms with Gasteiger partial charge in [0.15, 0.2) is 5.41 Å². The number of Topliss-reactive ketones (excluding diaryl/α,β-unsaturated/α-hetero) is 1. The molecule has 0 unspecified atom stereocenters. The van der Waals surface area contributed by atoms with Crippen LogP contribution in [-0.2, 0) is 33.9 Å². The van der Waals surface area contributed by atoms with Crippen LogP contribution >= 0.6 is 0 Å². The number of esters is 2. The number of ketones is 1. The van der Waals surface area contributed by atoms with E-state index in [0.29, 0.717) is 0 Å². The Balaban J connectivity index is 2.79. The molecule has 8 nitrogen and oxygen atoms in total. The SMILES string of the molecule is COC(=O)C1(C(=O)OC)C[C@H](C(C)C)N(S(=O)(=O)c2ccc(C)cc2)[C@@H]1CC(C)=O. The highest BCUT2D eigenvalue weighted by atomic mass is 32.2. The van der Waals surface area contributed by atoms with Crippen molar-refractivity contribution in [3.8, 4) is 0 Å². The van der Waals surface area contributed by atoms with E-state index in [2.05, 4.69) is 0 Å². The summed E-state index contributed by atoms with van der Waals surface area (Å²) in [6.07, 6.45) is -0.453. The number of nitrogens with zero attached hydrogens (tertiary/aromatic N) is 1. The van der Waals surface area contributed by atoms with Gasteiger partial charge in [-0.2, -0.15) is 4.31 Å². The number of sulfonamides is 1. The summed E-state index contributed by atoms with van der Waals surface area (Å²) >= 11 is 0. The van der Waals surface area contributed by atoms with E-state index in [1.54, 1.807) is 26.0 Å². The molecule has 0 amide bonds. The molecule has 0 radical (unpaired) electrons. The van der Waals surface area contributed by atoms with Crippen molar-refractivity contribution in [3.63, 3.8) is 0 Å². The van der Waals surface area contributed by atoms with Crippen LogP contribution in [0.25, 0.3) is 0 Å². The van der Waals surface area contributed by atoms with E-state index < -0.39 is 39.5 Å². The average molecular weight is 440 g/mol. The second kappa shape index (κ2) is 8.85. The summed E-state index contributed by atoms with van der Waals surface area (Å²) in [7, 11) is -1.88. The minimum absolute atomic E-state index is 0.0258. The fourth-order valence-electron chi connectivity index (χ4n) is 4.13. The molecule has 2 atom stereocenters. The van der Waals surface area contributed by atoms with E-state index in [1.807, 2.05) is 6.92 Å². The standard InChI is InChI=1S/C21H29NO7S/c1-13(2)17-12-21(19(24)28-5,20(25)29-6)18(11-15(4)23)22(17)30(26,27)16-9-7-14(3)8-10-16/h7-10,13,17-18H,11-12H2,1-6H3/t17-,18-/m1/s1. The minimum Gasteiger partial charge on any atom is -0.468 e. The number of aryl methyl sites for hydroxylation is 1. The van der Waals surface area contributed by atoms with Crippen molar-refractivity contribution in [3.05, 3.63) is 29.8 Å². The van der Waals surface area contributed by atoms with Gasteiger partial charge in [-0.15, -0.1) is 0 Å². The quantitative estimate of drug-likeness (QED) is 0.473. The highest BCUT2D eigenvalue weighted by molar-refractivity contribution is 7.89. The molecule has 0 saturated carbocycles. The lowest BCUT2D eigenvalue weighted by atomic mass is 9.76. The van der Waals surface area contributed by atoms with Gasteiger partial charge in [0.05, 0.1) is 25.2 Å². The van der Waals surface area contributed by atoms with Crippen LogP contribution in [0, 0.1) is 18.3 Å². The molecule has 1 heterocycles. The molecule has 30 heavy (non-hydrogen) atoms. The third-order valence-electron chi connectivity index (χ3n) is 5.68. The van der Waals surface area contributed by atoms with Crippen molar-refractivity contribution in [2.24, 2.45) is 11.3 Å². The van der Waals surface area contributed by atoms with E-state index >= 15 is 0 Å². The van der Waals surface area contributed by atoms with Crippen molar-refractivity contribution in [1.82, 2.24) is 4.31 Å². The average Bonchev–Trinajstić information content (AvgIpc) is 3.03. The summed E-state index contributed by atoms with van der Waals surface area (Å²) in [6.45, 7) is 6.73. The number of methoxy groups -OCH3 is 2. The van der Waals surface area contributed by atoms with Crippen LogP contribution in [0.5, 0.6) is 0 Å². The molecule has 9 heteroatoms. The van der Waals surface area contributed by atoms with Gasteiger partial charge in [0.2, 0.25) is 10.0 Å². The summed E-state index contributed by atoms with van der Waals surface area (Å²) in [5.74, 6) is -2.41. The molecule has 0 bridgehead atoms. The van der Waals surface area contributed by atoms with Gasteiger partial charge in [0, 0.05) is 12.5 Å². The first-order chi connectivity index (χ1) is 13.9. The van der Waals surface area contributed by atoms with Gasteiger partial charge in [-0.25, -0.2) is 8.42 Å². The van der Waals surface area contributed by atoms with Crippen LogP contribution in [0.15, 0.2) is 29.2 Å². The maximum atomic E-state index is 13.7. The van der Waals surface area contributed by atoms with Gasteiger partial charge in [-0.1, -0.05) is 31.5 Å². The Hall–Kier alpha value is -2.26. The number of carbonyl (C=O) groups is 3. The maximum absolute atomic E-state index is 13.7. The number of hydrogen-bond acceptors (Lipinski definition) is 7. The van der Waals surface area contributed by atoms with Gasteiger partial charge in [0.1, 0.15) is 5.78 Å². The zero-order chi connectivity index (χ0) is 22.9. The Morgan fingerprint density at radius 1 is 1.10 bits per heavy atom. The predicted octanol–water partition coefficient (Wildman–Crippen LogP) is 2.09. The molecule has 1 aliphatic rings. The van der Waals surface area contributed by atoms with Gasteiger partial charge in [-0.3, -0.25) is 14.4 Å². The maximum Gasteiger partial charge on any atom is 0.324 e. The molecule has 166 valence electrons. The summed E-state index contributed by atoms with van der Waals surface area (Å²) in [5.41, 5.74) is -1.04. The molecule has 1 saturated heterocycles. The number of ether oxygens (including phenoxy) is 2. The fourth-order valence-corrected chi connectivity index (χ4v) is 6.12. The third kappa shape index (κ3) is 4.00. The number of benzene rings is 1. The number of rotatable bonds is 7. The van der Waals surface area contributed by atoms with E-state index in [-0.39, 0.29) is 29.4 Å². The molecular formula is C21H29NO7S. The fraction of sp³-hybridized carbons (Fsp3) is 0.571. The smallest absolute Gasteiger partial charge is 0.324 e. The molecule has 1 fully saturated rings. The summed E-state index contributed by atoms with van der Waals surface area (Å²) in [6, 6.07) is 4.32. The highest BCUT2D eigenvalue weighted by Crippen LogP contribution is 2.49. The van der Waals surface area contributed by atoms with Crippen LogP contribution in [0.4, 0.5) is 0 Å². The van der Waals surface area contributed by atoms with Crippen molar-refractivity contribution in [1.29, 1.82) is 0 Å². The van der Waals surface area contributed by atoms with Crippen LogP contribution in [-0.4, -0.2) is 56.7 Å². The van der Waals surface area contributed by atoms with Crippen molar-refractivity contribution in [2.45, 2.75) is 57.5 Å². The molecule has 0 N–H and O–H groups in total. The summed E-state index contributed by atoms with van der Waals surface area (Å²) < 4.78 is 38.3. The molecule has 0 aromatic heterocycles. The van der Waals surface area contributed by atoms with Gasteiger partial charge in [-0.05, 0) is 38.3 Å². The summed E-state index contributed by atoms with van der Waals surface area (Å²) in [5, 5.41) is 0. The molecule has 1 aromatic rings. The Morgan fingerprint density at radius 2 is 1.60 bits per heavy atom. The lowest BCUT2D eigenvalue weighted by molar-refractivity contribution is -0.170. The van der Waals surface area contributed by atoms with Crippen molar-refractivity contribution >= 4 is 27.7 Å². The highest BCUT2D eigenvalue weighted by Gasteiger charge is 2.66. The van der Waals surface area contributed by atoms with Crippen molar-refractivity contribution < 1.29 is 32.3 Å². The first kappa shape index (κ1) is 24.0. The Morgan fingerprint density at radius 3 is 2.00 bits per heavy atom. The van der Waals surface area contributed by atoms with Crippen molar-refractivity contribution in [2.75, 3.05) is 14.2 Å². The molecule has 2 rings (SSSR count). The zero-order valence-corrected chi connectivity index (χ0v) is 19.0. The molecule has 1 aliphatic heterocycles. The lowest BCUT2D eigenvalue weighted by Crippen LogP contribution is -2.53. The molecule has 0 aliphatic carbocycles. The monoisotopic (exact) mass is 439 g/mol. The second-order valence-corrected chi connectivity index (χ2v) is 9.88. The molecule has 1 aromatic carbocycles.